The number of hydrogen-bond acceptors (Lipinski definition) is 4. The Morgan fingerprint density at radius 1 is 0.833 bits per heavy atom. The van der Waals surface area contributed by atoms with Crippen LogP contribution in [0.3, 0.4) is 0 Å². The Bertz CT molecular complexity index is 1380. The fourth-order valence-electron chi connectivity index (χ4n) is 4.51. The molecule has 0 saturated heterocycles. The molecule has 0 fully saturated rings. The number of anilines is 2. The predicted molar refractivity (Wildman–Crippen MR) is 147 cm³/mol. The highest BCUT2D eigenvalue weighted by Crippen LogP contribution is 2.39. The molecule has 0 saturated carbocycles. The SMILES string of the molecule is COc1ccc2c(c1)NC(=O)C2=C(Nc1ccc(CN(C)Cc2ccccc2)cc1)c1ccccc1. The third-order valence-corrected chi connectivity index (χ3v) is 6.25. The molecule has 1 heterocycles. The predicted octanol–water partition coefficient (Wildman–Crippen LogP) is 6.26. The van der Waals surface area contributed by atoms with Crippen LogP contribution in [-0.4, -0.2) is 25.0 Å². The topological polar surface area (TPSA) is 53.6 Å². The molecule has 0 atom stereocenters. The first-order valence-corrected chi connectivity index (χ1v) is 12.0. The molecule has 180 valence electrons. The molecule has 0 bridgehead atoms. The third kappa shape index (κ3) is 5.16. The summed E-state index contributed by atoms with van der Waals surface area (Å²) in [6, 6.07) is 34.5. The van der Waals surface area contributed by atoms with Crippen molar-refractivity contribution in [3.8, 4) is 5.75 Å². The summed E-state index contributed by atoms with van der Waals surface area (Å²) in [7, 11) is 3.75. The Morgan fingerprint density at radius 2 is 1.47 bits per heavy atom. The number of methoxy groups -OCH3 is 1. The molecule has 0 aromatic heterocycles. The van der Waals surface area contributed by atoms with Gasteiger partial charge in [0.1, 0.15) is 5.75 Å². The molecule has 0 aliphatic carbocycles. The van der Waals surface area contributed by atoms with Crippen LogP contribution < -0.4 is 15.4 Å². The van der Waals surface area contributed by atoms with E-state index < -0.39 is 0 Å². The van der Waals surface area contributed by atoms with Crippen molar-refractivity contribution in [2.45, 2.75) is 13.1 Å². The fraction of sp³-hybridized carbons (Fsp3) is 0.129. The van der Waals surface area contributed by atoms with Crippen LogP contribution in [0.15, 0.2) is 103 Å². The van der Waals surface area contributed by atoms with E-state index >= 15 is 0 Å². The van der Waals surface area contributed by atoms with E-state index in [-0.39, 0.29) is 5.91 Å². The molecule has 5 nitrogen and oxygen atoms in total. The summed E-state index contributed by atoms with van der Waals surface area (Å²) < 4.78 is 5.34. The number of carbonyl (C=O) groups excluding carboxylic acids is 1. The van der Waals surface area contributed by atoms with Gasteiger partial charge in [-0.3, -0.25) is 9.69 Å². The van der Waals surface area contributed by atoms with Crippen LogP contribution in [0.25, 0.3) is 11.3 Å². The van der Waals surface area contributed by atoms with Gasteiger partial charge in [-0.25, -0.2) is 0 Å². The highest BCUT2D eigenvalue weighted by atomic mass is 16.5. The molecular weight excluding hydrogens is 446 g/mol. The van der Waals surface area contributed by atoms with Crippen molar-refractivity contribution >= 4 is 28.6 Å². The lowest BCUT2D eigenvalue weighted by Crippen LogP contribution is -2.17. The minimum atomic E-state index is -0.135. The number of fused-ring (bicyclic) bond motifs is 1. The zero-order valence-electron chi connectivity index (χ0n) is 20.5. The first kappa shape index (κ1) is 23.4. The van der Waals surface area contributed by atoms with Crippen LogP contribution >= 0.6 is 0 Å². The zero-order chi connectivity index (χ0) is 24.9. The van der Waals surface area contributed by atoms with Gasteiger partial charge in [-0.15, -0.1) is 0 Å². The van der Waals surface area contributed by atoms with E-state index in [0.717, 1.165) is 41.3 Å². The van der Waals surface area contributed by atoms with E-state index in [0.29, 0.717) is 11.3 Å². The molecule has 1 aliphatic heterocycles. The molecule has 5 rings (SSSR count). The number of benzene rings is 4. The first-order valence-electron chi connectivity index (χ1n) is 12.0. The molecular formula is C31H29N3O2. The second kappa shape index (κ2) is 10.5. The average molecular weight is 476 g/mol. The van der Waals surface area contributed by atoms with Gasteiger partial charge in [0.25, 0.3) is 5.91 Å². The number of hydrogen-bond donors (Lipinski definition) is 2. The second-order valence-corrected chi connectivity index (χ2v) is 8.96. The Hall–Kier alpha value is -4.35. The quantitative estimate of drug-likeness (QED) is 0.295. The highest BCUT2D eigenvalue weighted by Gasteiger charge is 2.28. The van der Waals surface area contributed by atoms with Gasteiger partial charge in [0.2, 0.25) is 0 Å². The number of nitrogens with zero attached hydrogens (tertiary/aromatic N) is 1. The maximum absolute atomic E-state index is 13.1. The number of ether oxygens (including phenoxy) is 1. The second-order valence-electron chi connectivity index (χ2n) is 8.96. The molecule has 2 N–H and O–H groups in total. The molecule has 5 heteroatoms. The van der Waals surface area contributed by atoms with Crippen molar-refractivity contribution < 1.29 is 9.53 Å². The average Bonchev–Trinajstić information content (AvgIpc) is 3.23. The van der Waals surface area contributed by atoms with Crippen LogP contribution in [0, 0.1) is 0 Å². The lowest BCUT2D eigenvalue weighted by molar-refractivity contribution is -0.110. The van der Waals surface area contributed by atoms with Crippen LogP contribution in [-0.2, 0) is 17.9 Å². The van der Waals surface area contributed by atoms with Gasteiger partial charge >= 0.3 is 0 Å². The zero-order valence-corrected chi connectivity index (χ0v) is 20.5. The highest BCUT2D eigenvalue weighted by molar-refractivity contribution is 6.37. The summed E-state index contributed by atoms with van der Waals surface area (Å²) in [6.45, 7) is 1.74. The van der Waals surface area contributed by atoms with E-state index in [4.69, 9.17) is 4.74 Å². The smallest absolute Gasteiger partial charge is 0.258 e. The molecule has 1 aliphatic rings. The molecule has 0 unspecified atom stereocenters. The summed E-state index contributed by atoms with van der Waals surface area (Å²) in [5, 5.41) is 6.52. The normalized spacial score (nSPS) is 13.8. The van der Waals surface area contributed by atoms with Gasteiger partial charge in [0.05, 0.1) is 24.1 Å². The molecule has 36 heavy (non-hydrogen) atoms. The third-order valence-electron chi connectivity index (χ3n) is 6.25. The molecule has 0 spiro atoms. The van der Waals surface area contributed by atoms with Gasteiger partial charge in [-0.1, -0.05) is 72.8 Å². The van der Waals surface area contributed by atoms with Crippen molar-refractivity contribution in [3.63, 3.8) is 0 Å². The van der Waals surface area contributed by atoms with Gasteiger partial charge in [0.15, 0.2) is 0 Å². The minimum Gasteiger partial charge on any atom is -0.497 e. The van der Waals surface area contributed by atoms with Crippen LogP contribution in [0.4, 0.5) is 11.4 Å². The lowest BCUT2D eigenvalue weighted by atomic mass is 10.00. The number of rotatable bonds is 8. The van der Waals surface area contributed by atoms with E-state index in [1.54, 1.807) is 7.11 Å². The molecule has 1 amide bonds. The molecule has 4 aromatic carbocycles. The summed E-state index contributed by atoms with van der Waals surface area (Å²) >= 11 is 0. The first-order chi connectivity index (χ1) is 17.6. The van der Waals surface area contributed by atoms with Crippen molar-refractivity contribution in [2.75, 3.05) is 24.8 Å². The summed E-state index contributed by atoms with van der Waals surface area (Å²) in [5.41, 5.74) is 7.38. The van der Waals surface area contributed by atoms with Crippen molar-refractivity contribution in [2.24, 2.45) is 0 Å². The van der Waals surface area contributed by atoms with Crippen LogP contribution in [0.2, 0.25) is 0 Å². The van der Waals surface area contributed by atoms with Gasteiger partial charge in [-0.05, 0) is 48.0 Å². The summed E-state index contributed by atoms with van der Waals surface area (Å²) in [4.78, 5) is 15.4. The van der Waals surface area contributed by atoms with Crippen molar-refractivity contribution in [1.82, 2.24) is 4.90 Å². The van der Waals surface area contributed by atoms with Gasteiger partial charge < -0.3 is 15.4 Å². The van der Waals surface area contributed by atoms with E-state index in [1.807, 2.05) is 54.6 Å². The van der Waals surface area contributed by atoms with E-state index in [1.165, 1.54) is 11.1 Å². The minimum absolute atomic E-state index is 0.135. The van der Waals surface area contributed by atoms with Gasteiger partial charge in [-0.2, -0.15) is 0 Å². The van der Waals surface area contributed by atoms with Crippen molar-refractivity contribution in [1.29, 1.82) is 0 Å². The standard InChI is InChI=1S/C31H29N3O2/c1-34(20-22-9-5-3-6-10-22)21-23-13-15-25(16-14-23)32-30(24-11-7-4-8-12-24)29-27-18-17-26(36-2)19-28(27)33-31(29)35/h3-19,32H,20-21H2,1-2H3,(H,33,35). The molecule has 4 aromatic rings. The van der Waals surface area contributed by atoms with E-state index in [9.17, 15) is 4.79 Å². The largest absolute Gasteiger partial charge is 0.497 e. The molecule has 0 radical (unpaired) electrons. The number of nitrogens with one attached hydrogen (secondary N) is 2. The Balaban J connectivity index is 1.41. The monoisotopic (exact) mass is 475 g/mol. The van der Waals surface area contributed by atoms with Crippen LogP contribution in [0.1, 0.15) is 22.3 Å². The van der Waals surface area contributed by atoms with Gasteiger partial charge in [0, 0.05) is 30.4 Å². The lowest BCUT2D eigenvalue weighted by Gasteiger charge is -2.18. The maximum Gasteiger partial charge on any atom is 0.258 e. The number of amides is 1. The summed E-state index contributed by atoms with van der Waals surface area (Å²) in [5.74, 6) is 0.570. The fourth-order valence-corrected chi connectivity index (χ4v) is 4.51. The Labute approximate surface area is 212 Å². The van der Waals surface area contributed by atoms with Crippen LogP contribution in [0.5, 0.6) is 5.75 Å². The number of carbonyl (C=O) groups is 1. The Kier molecular flexibility index (Phi) is 6.83. The maximum atomic E-state index is 13.1. The summed E-state index contributed by atoms with van der Waals surface area (Å²) in [6.07, 6.45) is 0. The van der Waals surface area contributed by atoms with Crippen molar-refractivity contribution in [3.05, 3.63) is 125 Å². The van der Waals surface area contributed by atoms with E-state index in [2.05, 4.69) is 71.1 Å². The Morgan fingerprint density at radius 3 is 2.14 bits per heavy atom.